The molecule has 2 heterocycles. The molecule has 2 aromatic rings. The van der Waals surface area contributed by atoms with E-state index < -0.39 is 0 Å². The maximum Gasteiger partial charge on any atom is 0.240 e. The predicted octanol–water partition coefficient (Wildman–Crippen LogP) is 3.03. The first-order chi connectivity index (χ1) is 9.74. The van der Waals surface area contributed by atoms with Crippen LogP contribution in [0.2, 0.25) is 5.15 Å². The van der Waals surface area contributed by atoms with Crippen LogP contribution >= 0.6 is 23.4 Å². The number of para-hydroxylation sites is 1. The average Bonchev–Trinajstić information content (AvgIpc) is 2.84. The number of thioether (sulfide) groups is 1. The number of carbonyl (C=O) groups excluding carboxylic acids is 1. The van der Waals surface area contributed by atoms with E-state index >= 15 is 0 Å². The molecule has 1 amide bonds. The SMILES string of the molecule is O=C1C(Sc2ccc(Cl)nn2)CCN1c1ccccc1. The summed E-state index contributed by atoms with van der Waals surface area (Å²) in [6.07, 6.45) is 0.808. The predicted molar refractivity (Wildman–Crippen MR) is 80.1 cm³/mol. The van der Waals surface area contributed by atoms with Crippen LogP contribution in [0.3, 0.4) is 0 Å². The Labute approximate surface area is 126 Å². The van der Waals surface area contributed by atoms with Crippen LogP contribution in [0, 0.1) is 0 Å². The summed E-state index contributed by atoms with van der Waals surface area (Å²) < 4.78 is 0. The summed E-state index contributed by atoms with van der Waals surface area (Å²) in [5.74, 6) is 0.123. The molecule has 1 unspecified atom stereocenters. The van der Waals surface area contributed by atoms with Gasteiger partial charge in [0, 0.05) is 12.2 Å². The molecule has 1 saturated heterocycles. The zero-order chi connectivity index (χ0) is 13.9. The minimum absolute atomic E-state index is 0.106. The third kappa shape index (κ3) is 2.78. The Balaban J connectivity index is 1.71. The van der Waals surface area contributed by atoms with Gasteiger partial charge in [0.15, 0.2) is 5.15 Å². The van der Waals surface area contributed by atoms with Gasteiger partial charge >= 0.3 is 0 Å². The van der Waals surface area contributed by atoms with Crippen molar-refractivity contribution in [2.75, 3.05) is 11.4 Å². The summed E-state index contributed by atoms with van der Waals surface area (Å²) in [5.41, 5.74) is 0.947. The van der Waals surface area contributed by atoms with Crippen molar-refractivity contribution in [3.05, 3.63) is 47.6 Å². The molecule has 1 aliphatic rings. The smallest absolute Gasteiger partial charge is 0.240 e. The number of aromatic nitrogens is 2. The molecule has 20 heavy (non-hydrogen) atoms. The molecule has 1 atom stereocenters. The normalized spacial score (nSPS) is 18.6. The zero-order valence-corrected chi connectivity index (χ0v) is 12.1. The number of amides is 1. The van der Waals surface area contributed by atoms with E-state index in [1.165, 1.54) is 11.8 Å². The van der Waals surface area contributed by atoms with Gasteiger partial charge in [0.05, 0.1) is 5.25 Å². The van der Waals surface area contributed by atoms with Gasteiger partial charge in [0.1, 0.15) is 5.03 Å². The van der Waals surface area contributed by atoms with E-state index in [0.29, 0.717) is 5.15 Å². The Kier molecular flexibility index (Phi) is 3.89. The number of rotatable bonds is 3. The second kappa shape index (κ2) is 5.81. The van der Waals surface area contributed by atoms with Crippen molar-refractivity contribution in [2.24, 2.45) is 0 Å². The summed E-state index contributed by atoms with van der Waals surface area (Å²) in [5, 5.41) is 8.76. The zero-order valence-electron chi connectivity index (χ0n) is 10.6. The first-order valence-corrected chi connectivity index (χ1v) is 7.52. The lowest BCUT2D eigenvalue weighted by Gasteiger charge is -2.16. The van der Waals surface area contributed by atoms with Crippen LogP contribution < -0.4 is 4.90 Å². The number of nitrogens with zero attached hydrogens (tertiary/aromatic N) is 3. The molecule has 1 aromatic carbocycles. The van der Waals surface area contributed by atoms with E-state index in [2.05, 4.69) is 10.2 Å². The van der Waals surface area contributed by atoms with Crippen LogP contribution in [0.15, 0.2) is 47.5 Å². The average molecular weight is 306 g/mol. The summed E-state index contributed by atoms with van der Waals surface area (Å²) in [6, 6.07) is 13.2. The third-order valence-electron chi connectivity index (χ3n) is 3.09. The Bertz CT molecular complexity index is 606. The Morgan fingerprint density at radius 1 is 1.15 bits per heavy atom. The van der Waals surface area contributed by atoms with Crippen molar-refractivity contribution < 1.29 is 4.79 Å². The lowest BCUT2D eigenvalue weighted by atomic mass is 10.3. The second-order valence-electron chi connectivity index (χ2n) is 4.41. The molecule has 0 bridgehead atoms. The van der Waals surface area contributed by atoms with Gasteiger partial charge in [-0.1, -0.05) is 41.6 Å². The van der Waals surface area contributed by atoms with Crippen LogP contribution in [-0.4, -0.2) is 27.9 Å². The first kappa shape index (κ1) is 13.4. The lowest BCUT2D eigenvalue weighted by Crippen LogP contribution is -2.27. The highest BCUT2D eigenvalue weighted by Gasteiger charge is 2.33. The van der Waals surface area contributed by atoms with E-state index in [4.69, 9.17) is 11.6 Å². The summed E-state index contributed by atoms with van der Waals surface area (Å²) in [4.78, 5) is 14.2. The molecule has 0 spiro atoms. The summed E-state index contributed by atoms with van der Waals surface area (Å²) >= 11 is 7.15. The van der Waals surface area contributed by atoms with E-state index in [1.807, 2.05) is 35.2 Å². The first-order valence-electron chi connectivity index (χ1n) is 6.26. The van der Waals surface area contributed by atoms with Gasteiger partial charge in [0.2, 0.25) is 5.91 Å². The third-order valence-corrected chi connectivity index (χ3v) is 4.48. The van der Waals surface area contributed by atoms with Crippen LogP contribution in [0.25, 0.3) is 0 Å². The minimum atomic E-state index is -0.106. The molecular formula is C14H12ClN3OS. The lowest BCUT2D eigenvalue weighted by molar-refractivity contribution is -0.116. The van der Waals surface area contributed by atoms with Crippen LogP contribution in [0.4, 0.5) is 5.69 Å². The van der Waals surface area contributed by atoms with E-state index in [9.17, 15) is 4.79 Å². The monoisotopic (exact) mass is 305 g/mol. The number of hydrogen-bond donors (Lipinski definition) is 0. The van der Waals surface area contributed by atoms with Gasteiger partial charge in [-0.05, 0) is 30.7 Å². The van der Waals surface area contributed by atoms with Crippen molar-refractivity contribution >= 4 is 35.0 Å². The molecule has 6 heteroatoms. The fraction of sp³-hybridized carbons (Fsp3) is 0.214. The quantitative estimate of drug-likeness (QED) is 0.874. The Hall–Kier alpha value is -1.59. The van der Waals surface area contributed by atoms with E-state index in [1.54, 1.807) is 12.1 Å². The van der Waals surface area contributed by atoms with E-state index in [-0.39, 0.29) is 11.2 Å². The van der Waals surface area contributed by atoms with Gasteiger partial charge in [0.25, 0.3) is 0 Å². The topological polar surface area (TPSA) is 46.1 Å². The highest BCUT2D eigenvalue weighted by Crippen LogP contribution is 2.32. The molecular weight excluding hydrogens is 294 g/mol. The fourth-order valence-corrected chi connectivity index (χ4v) is 3.22. The molecule has 4 nitrogen and oxygen atoms in total. The molecule has 0 radical (unpaired) electrons. The van der Waals surface area contributed by atoms with Crippen LogP contribution in [0.1, 0.15) is 6.42 Å². The highest BCUT2D eigenvalue weighted by atomic mass is 35.5. The number of hydrogen-bond acceptors (Lipinski definition) is 4. The summed E-state index contributed by atoms with van der Waals surface area (Å²) in [6.45, 7) is 0.738. The molecule has 1 fully saturated rings. The van der Waals surface area contributed by atoms with Crippen molar-refractivity contribution in [1.82, 2.24) is 10.2 Å². The van der Waals surface area contributed by atoms with Crippen molar-refractivity contribution in [2.45, 2.75) is 16.7 Å². The van der Waals surface area contributed by atoms with Gasteiger partial charge < -0.3 is 4.90 Å². The van der Waals surface area contributed by atoms with Crippen molar-refractivity contribution in [3.63, 3.8) is 0 Å². The molecule has 3 rings (SSSR count). The second-order valence-corrected chi connectivity index (χ2v) is 6.03. The Morgan fingerprint density at radius 3 is 2.65 bits per heavy atom. The number of carbonyl (C=O) groups is 1. The Morgan fingerprint density at radius 2 is 1.95 bits per heavy atom. The van der Waals surface area contributed by atoms with Gasteiger partial charge in [-0.25, -0.2) is 0 Å². The number of anilines is 1. The minimum Gasteiger partial charge on any atom is -0.311 e. The molecule has 0 aliphatic carbocycles. The molecule has 1 aromatic heterocycles. The van der Waals surface area contributed by atoms with Crippen LogP contribution in [-0.2, 0) is 4.79 Å². The van der Waals surface area contributed by atoms with Crippen molar-refractivity contribution in [1.29, 1.82) is 0 Å². The highest BCUT2D eigenvalue weighted by molar-refractivity contribution is 8.00. The van der Waals surface area contributed by atoms with Gasteiger partial charge in [-0.15, -0.1) is 10.2 Å². The molecule has 0 N–H and O–H groups in total. The molecule has 1 aliphatic heterocycles. The number of halogens is 1. The fourth-order valence-electron chi connectivity index (χ4n) is 2.14. The standard InChI is InChI=1S/C14H12ClN3OS/c15-12-6-7-13(17-16-12)20-11-8-9-18(14(11)19)10-4-2-1-3-5-10/h1-7,11H,8-9H2. The van der Waals surface area contributed by atoms with Crippen molar-refractivity contribution in [3.8, 4) is 0 Å². The largest absolute Gasteiger partial charge is 0.311 e. The van der Waals surface area contributed by atoms with Crippen LogP contribution in [0.5, 0.6) is 0 Å². The molecule has 102 valence electrons. The van der Waals surface area contributed by atoms with E-state index in [0.717, 1.165) is 23.7 Å². The number of benzene rings is 1. The maximum absolute atomic E-state index is 12.4. The molecule has 0 saturated carbocycles. The summed E-state index contributed by atoms with van der Waals surface area (Å²) in [7, 11) is 0. The maximum atomic E-state index is 12.4. The van der Waals surface area contributed by atoms with Gasteiger partial charge in [-0.2, -0.15) is 0 Å². The van der Waals surface area contributed by atoms with Gasteiger partial charge in [-0.3, -0.25) is 4.79 Å².